The molecule has 1 aromatic heterocycles. The number of rotatable bonds is 10. The molecule has 6 aliphatic rings. The molecule has 0 saturated carbocycles. The number of nitrogens with one attached hydrogen (secondary N) is 1. The van der Waals surface area contributed by atoms with Crippen molar-refractivity contribution in [2.24, 2.45) is 0 Å². The van der Waals surface area contributed by atoms with Gasteiger partial charge in [0, 0.05) is 100 Å². The number of nitrogens with two attached hydrogens (primary N) is 1. The number of hydrogen-bond donors (Lipinski definition) is 4. The lowest BCUT2D eigenvalue weighted by molar-refractivity contribution is 0.00826. The third-order valence-electron chi connectivity index (χ3n) is 16.2. The van der Waals surface area contributed by atoms with Gasteiger partial charge >= 0.3 is 12.2 Å². The highest BCUT2D eigenvalue weighted by Gasteiger charge is 2.35. The van der Waals surface area contributed by atoms with Crippen molar-refractivity contribution in [1.29, 1.82) is 0 Å². The molecule has 0 radical (unpaired) electrons. The number of amides is 2. The van der Waals surface area contributed by atoms with Gasteiger partial charge in [0.1, 0.15) is 17.0 Å². The number of ether oxygens (including phenoxy) is 8. The maximum atomic E-state index is 12.7. The lowest BCUT2D eigenvalue weighted by Gasteiger charge is -2.33. The van der Waals surface area contributed by atoms with E-state index in [0.717, 1.165) is 121 Å². The van der Waals surface area contributed by atoms with Gasteiger partial charge in [0.2, 0.25) is 5.95 Å². The van der Waals surface area contributed by atoms with Crippen LogP contribution in [0, 0.1) is 6.92 Å². The molecule has 0 spiro atoms. The summed E-state index contributed by atoms with van der Waals surface area (Å²) < 4.78 is 45.2. The average Bonchev–Trinajstić information content (AvgIpc) is 1.18. The maximum absolute atomic E-state index is 12.7. The molecule has 2 amide bonds. The van der Waals surface area contributed by atoms with Crippen LogP contribution in [0.3, 0.4) is 0 Å². The smallest absolute Gasteiger partial charge is 0.410 e. The molecule has 6 aliphatic heterocycles. The van der Waals surface area contributed by atoms with Gasteiger partial charge < -0.3 is 64.1 Å². The quantitative estimate of drug-likeness (QED) is 0.102. The summed E-state index contributed by atoms with van der Waals surface area (Å²) in [5, 5.41) is 25.0. The molecular weight excluding hydrogens is 1330 g/mol. The zero-order valence-electron chi connectivity index (χ0n) is 53.8. The molecule has 11 rings (SSSR count). The molecule has 92 heavy (non-hydrogen) atoms. The van der Waals surface area contributed by atoms with Crippen molar-refractivity contribution in [2.45, 2.75) is 127 Å². The Bertz CT molecular complexity index is 3180. The number of aliphatic hydroxyl groups excluding tert-OH is 2. The number of carbonyl (C=O) groups is 2. The SMILES string of the molecule is CC(C)(C)OC(=O)N1CCCOCC1c1ccc(Br)cc1Cl.CC(C)(C)OC(=O)N1CCCOCC1c1ccc(C2COC2)cc1Cl.Cc1cc(N2CCCOCC2c2ccc(C(CO)CO)cc2Cl)nc(N)n1.Clc1cc(C2COC2)ccc1C1COCCCN1. The summed E-state index contributed by atoms with van der Waals surface area (Å²) in [6.45, 7) is 23.6. The Morgan fingerprint density at radius 1 is 0.587 bits per heavy atom. The van der Waals surface area contributed by atoms with Crippen molar-refractivity contribution < 1.29 is 57.7 Å². The number of carbonyl (C=O) groups excluding carboxylic acids is 2. The number of hydrogen-bond acceptors (Lipinski definition) is 17. The van der Waals surface area contributed by atoms with Gasteiger partial charge in [0.05, 0.1) is 90.2 Å². The first kappa shape index (κ1) is 73.2. The van der Waals surface area contributed by atoms with Crippen LogP contribution >= 0.6 is 62.3 Å². The molecule has 4 aromatic carbocycles. The van der Waals surface area contributed by atoms with Gasteiger partial charge in [-0.05, 0) is 150 Å². The van der Waals surface area contributed by atoms with Crippen molar-refractivity contribution in [3.05, 3.63) is 148 Å². The molecule has 5 aromatic rings. The Morgan fingerprint density at radius 2 is 1.04 bits per heavy atom. The van der Waals surface area contributed by atoms with Crippen LogP contribution in [-0.2, 0) is 37.9 Å². The van der Waals surface area contributed by atoms with E-state index in [1.807, 2.05) is 97.0 Å². The van der Waals surface area contributed by atoms with Gasteiger partial charge in [-0.15, -0.1) is 0 Å². The van der Waals surface area contributed by atoms with Crippen LogP contribution in [0.5, 0.6) is 0 Å². The van der Waals surface area contributed by atoms with Crippen LogP contribution in [0.4, 0.5) is 21.4 Å². The van der Waals surface area contributed by atoms with E-state index in [-0.39, 0.29) is 61.4 Å². The van der Waals surface area contributed by atoms with Gasteiger partial charge in [-0.1, -0.05) is 105 Å². The minimum atomic E-state index is -0.535. The van der Waals surface area contributed by atoms with Gasteiger partial charge in [0.25, 0.3) is 0 Å². The van der Waals surface area contributed by atoms with Crippen molar-refractivity contribution in [2.75, 3.05) is 129 Å². The number of aliphatic hydroxyl groups is 2. The molecule has 4 atom stereocenters. The first-order chi connectivity index (χ1) is 44.0. The summed E-state index contributed by atoms with van der Waals surface area (Å²) in [4.78, 5) is 39.4. The fraction of sp³-hybridized carbons (Fsp3) is 0.559. The third kappa shape index (κ3) is 20.9. The number of nitrogens with zero attached hydrogens (tertiary/aromatic N) is 5. The van der Waals surface area contributed by atoms with E-state index in [2.05, 4.69) is 60.4 Å². The highest BCUT2D eigenvalue weighted by Crippen LogP contribution is 2.39. The van der Waals surface area contributed by atoms with E-state index < -0.39 is 11.2 Å². The topological polar surface area (TPSA) is 222 Å². The van der Waals surface area contributed by atoms with Crippen LogP contribution in [0.2, 0.25) is 20.1 Å². The number of anilines is 2. The van der Waals surface area contributed by atoms with Crippen LogP contribution in [-0.4, -0.2) is 172 Å². The lowest BCUT2D eigenvalue weighted by Crippen LogP contribution is -2.40. The van der Waals surface area contributed by atoms with E-state index in [0.29, 0.717) is 86.2 Å². The van der Waals surface area contributed by atoms with Crippen LogP contribution < -0.4 is 16.0 Å². The molecule has 24 heteroatoms. The summed E-state index contributed by atoms with van der Waals surface area (Å²) in [5.74, 6) is 1.58. The molecule has 4 unspecified atom stereocenters. The summed E-state index contributed by atoms with van der Waals surface area (Å²) >= 11 is 29.3. The highest BCUT2D eigenvalue weighted by atomic mass is 79.9. The third-order valence-corrected chi connectivity index (χ3v) is 18.0. The van der Waals surface area contributed by atoms with Crippen molar-refractivity contribution in [1.82, 2.24) is 25.1 Å². The maximum Gasteiger partial charge on any atom is 0.410 e. The fourth-order valence-corrected chi connectivity index (χ4v) is 13.0. The average molecular weight is 1420 g/mol. The minimum Gasteiger partial charge on any atom is -0.444 e. The second-order valence-electron chi connectivity index (χ2n) is 25.6. The van der Waals surface area contributed by atoms with Crippen LogP contribution in [0.15, 0.2) is 83.3 Å². The van der Waals surface area contributed by atoms with Gasteiger partial charge in [0.15, 0.2) is 0 Å². The second kappa shape index (κ2) is 34.9. The van der Waals surface area contributed by atoms with Gasteiger partial charge in [-0.25, -0.2) is 14.6 Å². The second-order valence-corrected chi connectivity index (χ2v) is 28.1. The molecule has 19 nitrogen and oxygen atoms in total. The van der Waals surface area contributed by atoms with Crippen LogP contribution in [0.1, 0.15) is 154 Å². The first-order valence-corrected chi connectivity index (χ1v) is 33.9. The molecule has 6 fully saturated rings. The van der Waals surface area contributed by atoms with E-state index in [9.17, 15) is 19.8 Å². The number of nitrogen functional groups attached to an aromatic ring is 1. The summed E-state index contributed by atoms with van der Waals surface area (Å²) in [6.07, 6.45) is 2.84. The zero-order valence-corrected chi connectivity index (χ0v) is 58.4. The molecule has 7 heterocycles. The Hall–Kier alpha value is -4.62. The normalized spacial score (nSPS) is 21.0. The Balaban J connectivity index is 0.000000159. The number of aryl methyl sites for hydroxylation is 1. The fourth-order valence-electron chi connectivity index (χ4n) is 11.2. The van der Waals surface area contributed by atoms with Gasteiger partial charge in [-0.2, -0.15) is 4.98 Å². The van der Waals surface area contributed by atoms with Crippen LogP contribution in [0.25, 0.3) is 0 Å². The minimum absolute atomic E-state index is 0.121. The Labute approximate surface area is 570 Å². The molecule has 0 aliphatic carbocycles. The van der Waals surface area contributed by atoms with E-state index >= 15 is 0 Å². The molecule has 504 valence electrons. The molecule has 0 bridgehead atoms. The number of halogens is 5. The number of benzene rings is 4. The van der Waals surface area contributed by atoms with Crippen molar-refractivity contribution in [3.8, 4) is 0 Å². The summed E-state index contributed by atoms with van der Waals surface area (Å²) in [6, 6.07) is 25.3. The molecule has 5 N–H and O–H groups in total. The van der Waals surface area contributed by atoms with Gasteiger partial charge in [-0.3, -0.25) is 9.80 Å². The predicted octanol–water partition coefficient (Wildman–Crippen LogP) is 13.5. The van der Waals surface area contributed by atoms with E-state index in [1.54, 1.807) is 15.9 Å². The highest BCUT2D eigenvalue weighted by molar-refractivity contribution is 9.10. The predicted molar refractivity (Wildman–Crippen MR) is 363 cm³/mol. The van der Waals surface area contributed by atoms with Crippen molar-refractivity contribution in [3.63, 3.8) is 0 Å². The van der Waals surface area contributed by atoms with E-state index in [4.69, 9.17) is 90.0 Å². The zero-order chi connectivity index (χ0) is 66.1. The number of aromatic nitrogens is 2. The first-order valence-electron chi connectivity index (χ1n) is 31.6. The Kier molecular flexibility index (Phi) is 27.7. The lowest BCUT2D eigenvalue weighted by atomic mass is 9.95. The van der Waals surface area contributed by atoms with Crippen molar-refractivity contribution >= 4 is 86.3 Å². The summed E-state index contributed by atoms with van der Waals surface area (Å²) in [7, 11) is 0. The monoisotopic (exact) mass is 1420 g/mol. The van der Waals surface area contributed by atoms with E-state index in [1.165, 1.54) is 11.1 Å². The Morgan fingerprint density at radius 3 is 1.52 bits per heavy atom. The standard InChI is InChI=1S/C19H25ClN4O3.C19H26ClNO4.C16H21BrClNO3.C14H18ClNO2/c1-12-7-18(23-19(21)22-12)24-5-2-6-27-11-17(24)15-4-3-13(8-16(15)20)14(9-25)10-26;1-19(2,3)25-18(22)21-7-4-8-23-12-17(21)15-6-5-13(9-16(15)20)14-10-24-11-14;1-16(2,3)22-15(20)19-7-4-8-21-10-14(19)12-6-5-11(17)9-13(12)18;15-13-6-10(11-7-18-8-11)2-3-12(13)14-9-17-5-1-4-16-14/h3-4,7-8,14,17,25-26H,2,5-6,9-11H2,1H3,(H2,21,22,23);5-6,9,14,17H,4,7-8,10-12H2,1-3H3;5-6,9,14H,4,7-8,10H2,1-3H3;2-3,6,11,14,16H,1,4-5,7-9H2. The molecule has 6 saturated heterocycles. The molecular formula is C68H90BrCl4N7O12. The summed E-state index contributed by atoms with van der Waals surface area (Å²) in [5.41, 5.74) is 12.7. The largest absolute Gasteiger partial charge is 0.444 e.